The van der Waals surface area contributed by atoms with Gasteiger partial charge in [0.15, 0.2) is 17.3 Å². The predicted molar refractivity (Wildman–Crippen MR) is 164 cm³/mol. The number of methoxy groups -OCH3 is 2. The number of carbonyl (C=O) groups is 2. The predicted octanol–water partition coefficient (Wildman–Crippen LogP) is 4.14. The van der Waals surface area contributed by atoms with E-state index >= 15 is 0 Å². The monoisotopic (exact) mass is 565 g/mol. The van der Waals surface area contributed by atoms with Crippen LogP contribution in [0.2, 0.25) is 0 Å². The minimum atomic E-state index is -1.15. The van der Waals surface area contributed by atoms with Gasteiger partial charge in [-0.15, -0.1) is 0 Å². The highest BCUT2D eigenvalue weighted by Crippen LogP contribution is 2.29. The Morgan fingerprint density at radius 1 is 0.786 bits per heavy atom. The summed E-state index contributed by atoms with van der Waals surface area (Å²) in [5, 5.41) is 14.1. The van der Waals surface area contributed by atoms with Crippen molar-refractivity contribution >= 4 is 34.8 Å². The fraction of sp³-hybridized carbons (Fsp3) is 0.176. The minimum absolute atomic E-state index is 0.118. The molecule has 4 rings (SSSR count). The molecular formula is C34H35N3O5. The number of carbonyl (C=O) groups excluding carboxylic acids is 2. The van der Waals surface area contributed by atoms with E-state index < -0.39 is 11.9 Å². The van der Waals surface area contributed by atoms with E-state index in [0.717, 1.165) is 17.1 Å². The van der Waals surface area contributed by atoms with E-state index in [9.17, 15) is 14.7 Å². The molecule has 4 aromatic rings. The molecule has 8 nitrogen and oxygen atoms in total. The van der Waals surface area contributed by atoms with Crippen LogP contribution in [-0.4, -0.2) is 37.6 Å². The molecule has 4 aromatic carbocycles. The maximum Gasteiger partial charge on any atom is 0.394 e. The van der Waals surface area contributed by atoms with Crippen LogP contribution in [0.15, 0.2) is 108 Å². The van der Waals surface area contributed by atoms with Gasteiger partial charge in [-0.2, -0.15) is 0 Å². The van der Waals surface area contributed by atoms with E-state index in [1.807, 2.05) is 68.4 Å². The van der Waals surface area contributed by atoms with Gasteiger partial charge < -0.3 is 19.4 Å². The number of aliphatic imine (C=N–C) groups is 1. The van der Waals surface area contributed by atoms with Crippen LogP contribution in [-0.2, 0) is 4.79 Å². The van der Waals surface area contributed by atoms with Crippen LogP contribution >= 0.6 is 0 Å². The molecule has 0 aromatic heterocycles. The molecule has 2 N–H and O–H groups in total. The van der Waals surface area contributed by atoms with Crippen molar-refractivity contribution in [2.75, 3.05) is 19.5 Å². The van der Waals surface area contributed by atoms with Crippen molar-refractivity contribution in [3.05, 3.63) is 120 Å². The van der Waals surface area contributed by atoms with Crippen LogP contribution < -0.4 is 24.9 Å². The molecular weight excluding hydrogens is 530 g/mol. The summed E-state index contributed by atoms with van der Waals surface area (Å²) in [6, 6.07) is 31.1. The molecule has 0 amide bonds. The average molecular weight is 566 g/mol. The third kappa shape index (κ3) is 9.16. The molecule has 1 atom stereocenters. The second-order valence-corrected chi connectivity index (χ2v) is 9.45. The molecule has 0 aliphatic rings. The number of nitrogens with zero attached hydrogens (tertiary/aromatic N) is 1. The number of ketones is 1. The van der Waals surface area contributed by atoms with Crippen LogP contribution in [0.25, 0.3) is 0 Å². The van der Waals surface area contributed by atoms with Crippen molar-refractivity contribution in [3.8, 4) is 11.5 Å². The van der Waals surface area contributed by atoms with E-state index in [2.05, 4.69) is 15.3 Å². The lowest BCUT2D eigenvalue weighted by atomic mass is 9.96. The molecule has 0 fully saturated rings. The Balaban J connectivity index is 0.000000235. The lowest BCUT2D eigenvalue weighted by molar-refractivity contribution is -0.354. The first-order valence-electron chi connectivity index (χ1n) is 13.3. The average Bonchev–Trinajstić information content (AvgIpc) is 3.01. The molecule has 0 spiro atoms. The van der Waals surface area contributed by atoms with E-state index in [1.165, 1.54) is 0 Å². The van der Waals surface area contributed by atoms with Crippen LogP contribution in [0, 0.1) is 0 Å². The van der Waals surface area contributed by atoms with Crippen LogP contribution in [0.3, 0.4) is 0 Å². The van der Waals surface area contributed by atoms with Crippen molar-refractivity contribution in [1.29, 1.82) is 0 Å². The number of rotatable bonds is 8. The van der Waals surface area contributed by atoms with Crippen molar-refractivity contribution < 1.29 is 29.2 Å². The Morgan fingerprint density at radius 2 is 1.40 bits per heavy atom. The molecule has 0 aliphatic heterocycles. The number of para-hydroxylation sites is 1. The summed E-state index contributed by atoms with van der Waals surface area (Å²) < 4.78 is 10.6. The highest BCUT2D eigenvalue weighted by Gasteiger charge is 2.13. The smallest absolute Gasteiger partial charge is 0.394 e. The van der Waals surface area contributed by atoms with Crippen molar-refractivity contribution in [2.24, 2.45) is 4.99 Å². The van der Waals surface area contributed by atoms with E-state index in [4.69, 9.17) is 9.47 Å². The Morgan fingerprint density at radius 3 is 2.00 bits per heavy atom. The maximum atomic E-state index is 12.2. The zero-order valence-corrected chi connectivity index (χ0v) is 24.4. The number of benzene rings is 4. The van der Waals surface area contributed by atoms with E-state index in [0.29, 0.717) is 34.1 Å². The Bertz CT molecular complexity index is 1550. The standard InChI is InChI=1S/C18H21N3O2.C16H14O3/c1-13(2)19-18(20-14-8-6-5-7-9-14)21-15-10-11-16(22-3)17(12-15)23-4;1-11(16(18)19)13-8-5-9-14(10-13)15(17)12-6-3-2-4-7-12/h5-12H,1-4H3,(H,20,21);2-11H,1H3,(H,18,19). The molecule has 0 saturated carbocycles. The van der Waals surface area contributed by atoms with Crippen molar-refractivity contribution in [2.45, 2.75) is 26.7 Å². The molecule has 1 unspecified atom stereocenters. The van der Waals surface area contributed by atoms with Crippen molar-refractivity contribution in [1.82, 2.24) is 0 Å². The SMILES string of the molecule is CC(C(=O)[O-])c1cccc(C(=O)c2ccccc2)c1.COc1ccc(NC(N=C(C)C)=[NH+]c2ccccc2)cc1OC. The normalized spacial score (nSPS) is 11.3. The topological polar surface area (TPSA) is 114 Å². The lowest BCUT2D eigenvalue weighted by Gasteiger charge is -2.13. The highest BCUT2D eigenvalue weighted by molar-refractivity contribution is 6.09. The van der Waals surface area contributed by atoms with Gasteiger partial charge in [-0.25, -0.2) is 10.3 Å². The zero-order chi connectivity index (χ0) is 30.5. The minimum Gasteiger partial charge on any atom is -0.550 e. The molecule has 0 radical (unpaired) electrons. The number of nitrogens with one attached hydrogen (secondary N) is 2. The quantitative estimate of drug-likeness (QED) is 0.189. The fourth-order valence-electron chi connectivity index (χ4n) is 3.86. The number of anilines is 1. The molecule has 0 bridgehead atoms. The fourth-order valence-corrected chi connectivity index (χ4v) is 3.86. The van der Waals surface area contributed by atoms with Crippen LogP contribution in [0.4, 0.5) is 11.4 Å². The zero-order valence-electron chi connectivity index (χ0n) is 24.4. The van der Waals surface area contributed by atoms with Gasteiger partial charge in [0.2, 0.25) is 0 Å². The number of carboxylic acids is 1. The van der Waals surface area contributed by atoms with Crippen LogP contribution in [0.5, 0.6) is 11.5 Å². The third-order valence-corrected chi connectivity index (χ3v) is 6.06. The van der Waals surface area contributed by atoms with Gasteiger partial charge in [0.1, 0.15) is 5.69 Å². The van der Waals surface area contributed by atoms with Gasteiger partial charge in [-0.3, -0.25) is 4.79 Å². The van der Waals surface area contributed by atoms with E-state index in [-0.39, 0.29) is 5.78 Å². The second kappa shape index (κ2) is 15.5. The summed E-state index contributed by atoms with van der Waals surface area (Å²) in [5.74, 6) is -0.0104. The first-order valence-corrected chi connectivity index (χ1v) is 13.3. The Hall–Kier alpha value is -5.24. The number of hydrogen-bond donors (Lipinski definition) is 2. The van der Waals surface area contributed by atoms with Gasteiger partial charge in [-0.1, -0.05) is 78.6 Å². The van der Waals surface area contributed by atoms with Gasteiger partial charge in [0.05, 0.1) is 25.6 Å². The number of ether oxygens (including phenoxy) is 2. The molecule has 0 aliphatic carbocycles. The summed E-state index contributed by atoms with van der Waals surface area (Å²) in [7, 11) is 3.23. The number of hydrogen-bond acceptors (Lipinski definition) is 5. The Kier molecular flexibility index (Phi) is 11.6. The highest BCUT2D eigenvalue weighted by atomic mass is 16.5. The maximum absolute atomic E-state index is 12.2. The molecule has 0 heterocycles. The summed E-state index contributed by atoms with van der Waals surface area (Å²) in [4.78, 5) is 30.9. The number of aliphatic carboxylic acids is 1. The van der Waals surface area contributed by atoms with E-state index in [1.54, 1.807) is 69.7 Å². The second-order valence-electron chi connectivity index (χ2n) is 9.45. The third-order valence-electron chi connectivity index (χ3n) is 6.06. The molecule has 0 saturated heterocycles. The molecule has 8 heteroatoms. The lowest BCUT2D eigenvalue weighted by Crippen LogP contribution is -2.68. The number of carboxylic acid groups (broad SMARTS) is 1. The van der Waals surface area contributed by atoms with Gasteiger partial charge in [-0.05, 0) is 49.7 Å². The molecule has 216 valence electrons. The Labute approximate surface area is 246 Å². The first-order chi connectivity index (χ1) is 20.2. The molecule has 42 heavy (non-hydrogen) atoms. The summed E-state index contributed by atoms with van der Waals surface area (Å²) in [6.45, 7) is 5.44. The summed E-state index contributed by atoms with van der Waals surface area (Å²) in [5.41, 5.74) is 4.39. The largest absolute Gasteiger partial charge is 0.550 e. The summed E-state index contributed by atoms with van der Waals surface area (Å²) in [6.07, 6.45) is 0. The van der Waals surface area contributed by atoms with Crippen LogP contribution in [0.1, 0.15) is 48.2 Å². The van der Waals surface area contributed by atoms with Gasteiger partial charge in [0.25, 0.3) is 0 Å². The van der Waals surface area contributed by atoms with Gasteiger partial charge in [0, 0.05) is 29.1 Å². The summed E-state index contributed by atoms with van der Waals surface area (Å²) >= 11 is 0. The number of guanidine groups is 1. The van der Waals surface area contributed by atoms with Crippen molar-refractivity contribution in [3.63, 3.8) is 0 Å². The first kappa shape index (κ1) is 31.3. The van der Waals surface area contributed by atoms with Gasteiger partial charge >= 0.3 is 5.96 Å².